The van der Waals surface area contributed by atoms with Crippen LogP contribution in [0.5, 0.6) is 0 Å². The summed E-state index contributed by atoms with van der Waals surface area (Å²) in [7, 11) is 0. The summed E-state index contributed by atoms with van der Waals surface area (Å²) in [5.74, 6) is 0.863. The van der Waals surface area contributed by atoms with Gasteiger partial charge in [-0.3, -0.25) is 9.89 Å². The lowest BCUT2D eigenvalue weighted by Gasteiger charge is -2.31. The maximum Gasteiger partial charge on any atom is 0.0758 e. The van der Waals surface area contributed by atoms with E-state index in [2.05, 4.69) is 30.2 Å². The van der Waals surface area contributed by atoms with E-state index in [0.29, 0.717) is 6.04 Å². The highest BCUT2D eigenvalue weighted by atomic mass is 15.1. The van der Waals surface area contributed by atoms with Crippen molar-refractivity contribution in [3.63, 3.8) is 0 Å². The number of piperidine rings is 1. The van der Waals surface area contributed by atoms with E-state index < -0.39 is 0 Å². The molecule has 106 valence electrons. The zero-order chi connectivity index (χ0) is 13.5. The topological polar surface area (TPSA) is 15.6 Å². The Morgan fingerprint density at radius 1 is 1.25 bits per heavy atom. The molecular formula is C18H24N2. The summed E-state index contributed by atoms with van der Waals surface area (Å²) in [4.78, 5) is 7.33. The zero-order valence-corrected chi connectivity index (χ0v) is 12.4. The number of likely N-dealkylation sites (tertiary alicyclic amines) is 1. The van der Waals surface area contributed by atoms with Gasteiger partial charge in [0.2, 0.25) is 0 Å². The van der Waals surface area contributed by atoms with Crippen molar-refractivity contribution < 1.29 is 0 Å². The number of benzene rings is 1. The van der Waals surface area contributed by atoms with Crippen molar-refractivity contribution >= 4 is 6.21 Å². The van der Waals surface area contributed by atoms with Crippen LogP contribution in [0.1, 0.15) is 60.9 Å². The molecule has 0 amide bonds. The highest BCUT2D eigenvalue weighted by Gasteiger charge is 2.26. The van der Waals surface area contributed by atoms with Crippen molar-refractivity contribution in [1.82, 2.24) is 4.90 Å². The van der Waals surface area contributed by atoms with Gasteiger partial charge in [0, 0.05) is 19.3 Å². The molecule has 2 nitrogen and oxygen atoms in total. The quantitative estimate of drug-likeness (QED) is 0.798. The summed E-state index contributed by atoms with van der Waals surface area (Å²) < 4.78 is 0. The van der Waals surface area contributed by atoms with Gasteiger partial charge in [-0.2, -0.15) is 0 Å². The molecule has 4 rings (SSSR count). The Morgan fingerprint density at radius 2 is 2.20 bits per heavy atom. The second-order valence-corrected chi connectivity index (χ2v) is 6.93. The van der Waals surface area contributed by atoms with Crippen molar-refractivity contribution in [2.45, 2.75) is 51.6 Å². The van der Waals surface area contributed by atoms with Gasteiger partial charge >= 0.3 is 0 Å². The molecular weight excluding hydrogens is 244 g/mol. The van der Waals surface area contributed by atoms with E-state index in [1.165, 1.54) is 56.3 Å². The first-order chi connectivity index (χ1) is 9.79. The average Bonchev–Trinajstić information content (AvgIpc) is 2.84. The Hall–Kier alpha value is -1.15. The van der Waals surface area contributed by atoms with Crippen LogP contribution < -0.4 is 0 Å². The van der Waals surface area contributed by atoms with Gasteiger partial charge in [0.15, 0.2) is 0 Å². The number of nitrogens with zero attached hydrogens (tertiary/aromatic N) is 2. The maximum atomic E-state index is 4.70. The molecule has 1 aromatic carbocycles. The van der Waals surface area contributed by atoms with Crippen LogP contribution in [0.2, 0.25) is 0 Å². The third-order valence-corrected chi connectivity index (χ3v) is 5.16. The molecule has 1 aliphatic carbocycles. The van der Waals surface area contributed by atoms with Crippen molar-refractivity contribution in [2.75, 3.05) is 13.1 Å². The maximum absolute atomic E-state index is 4.70. The Bertz CT molecular complexity index is 547. The molecule has 2 aliphatic heterocycles. The lowest BCUT2D eigenvalue weighted by Crippen LogP contribution is -2.33. The van der Waals surface area contributed by atoms with Crippen LogP contribution in [0.3, 0.4) is 0 Å². The third kappa shape index (κ3) is 2.20. The van der Waals surface area contributed by atoms with Crippen LogP contribution in [-0.2, 0) is 13.0 Å². The summed E-state index contributed by atoms with van der Waals surface area (Å²) in [5.41, 5.74) is 6.04. The molecule has 1 unspecified atom stereocenters. The summed E-state index contributed by atoms with van der Waals surface area (Å²) in [6.45, 7) is 6.05. The fraction of sp³-hybridized carbons (Fsp3) is 0.611. The molecule has 1 fully saturated rings. The number of rotatable bonds is 2. The van der Waals surface area contributed by atoms with Crippen LogP contribution in [0.15, 0.2) is 17.1 Å². The summed E-state index contributed by atoms with van der Waals surface area (Å²) in [6.07, 6.45) is 8.70. The lowest BCUT2D eigenvalue weighted by molar-refractivity contribution is 0.176. The molecule has 1 saturated heterocycles. The van der Waals surface area contributed by atoms with Gasteiger partial charge in [0.25, 0.3) is 0 Å². The first kappa shape index (κ1) is 12.6. The van der Waals surface area contributed by atoms with Crippen LogP contribution >= 0.6 is 0 Å². The average molecular weight is 268 g/mol. The van der Waals surface area contributed by atoms with Gasteiger partial charge in [-0.05, 0) is 72.9 Å². The molecule has 0 bridgehead atoms. The molecule has 2 heteroatoms. The Morgan fingerprint density at radius 3 is 3.10 bits per heavy atom. The summed E-state index contributed by atoms with van der Waals surface area (Å²) >= 11 is 0. The molecule has 2 atom stereocenters. The van der Waals surface area contributed by atoms with E-state index in [0.717, 1.165) is 12.5 Å². The molecule has 0 N–H and O–H groups in total. The van der Waals surface area contributed by atoms with Crippen LogP contribution in [0, 0.1) is 5.92 Å². The van der Waals surface area contributed by atoms with E-state index in [9.17, 15) is 0 Å². The molecule has 20 heavy (non-hydrogen) atoms. The van der Waals surface area contributed by atoms with E-state index >= 15 is 0 Å². The molecule has 0 saturated carbocycles. The van der Waals surface area contributed by atoms with Gasteiger partial charge in [0.05, 0.1) is 6.04 Å². The van der Waals surface area contributed by atoms with E-state index in [4.69, 9.17) is 4.99 Å². The van der Waals surface area contributed by atoms with Crippen molar-refractivity contribution in [2.24, 2.45) is 10.9 Å². The second kappa shape index (κ2) is 5.00. The molecule has 3 aliphatic rings. The lowest BCUT2D eigenvalue weighted by atomic mass is 9.85. The van der Waals surface area contributed by atoms with Gasteiger partial charge in [-0.25, -0.2) is 0 Å². The molecule has 2 heterocycles. The predicted molar refractivity (Wildman–Crippen MR) is 83.4 cm³/mol. The monoisotopic (exact) mass is 268 g/mol. The first-order valence-corrected chi connectivity index (χ1v) is 8.21. The molecule has 0 spiro atoms. The molecule has 1 aromatic rings. The number of hydrogen-bond donors (Lipinski definition) is 0. The minimum atomic E-state index is 0.484. The highest BCUT2D eigenvalue weighted by molar-refractivity contribution is 5.86. The van der Waals surface area contributed by atoms with E-state index in [1.54, 1.807) is 11.1 Å². The minimum absolute atomic E-state index is 0.484. The normalized spacial score (nSPS) is 28.6. The first-order valence-electron chi connectivity index (χ1n) is 8.21. The SMILES string of the molecule is C[C@H]1CCCN(Cc2cc3c4c(c2)CCCC4N=C3)C1. The van der Waals surface area contributed by atoms with E-state index in [-0.39, 0.29) is 0 Å². The zero-order valence-electron chi connectivity index (χ0n) is 12.4. The second-order valence-electron chi connectivity index (χ2n) is 6.93. The van der Waals surface area contributed by atoms with Crippen molar-refractivity contribution in [1.29, 1.82) is 0 Å². The van der Waals surface area contributed by atoms with Gasteiger partial charge in [-0.1, -0.05) is 13.0 Å². The number of hydrogen-bond acceptors (Lipinski definition) is 2. The summed E-state index contributed by atoms with van der Waals surface area (Å²) in [5, 5.41) is 0. The number of aliphatic imine (C=N–C) groups is 1. The predicted octanol–water partition coefficient (Wildman–Crippen LogP) is 3.73. The standard InChI is InChI=1S/C18H24N2/c1-13-4-3-7-20(11-13)12-14-8-15-5-2-6-17-18(15)16(9-14)10-19-17/h8-10,13,17H,2-7,11-12H2,1H3/t13-,17?/m0/s1. The minimum Gasteiger partial charge on any atom is -0.299 e. The van der Waals surface area contributed by atoms with Crippen LogP contribution in [0.25, 0.3) is 0 Å². The Labute approximate surface area is 121 Å². The fourth-order valence-corrected chi connectivity index (χ4v) is 4.26. The largest absolute Gasteiger partial charge is 0.299 e. The fourth-order valence-electron chi connectivity index (χ4n) is 4.26. The number of aryl methyl sites for hydroxylation is 1. The Balaban J connectivity index is 1.59. The van der Waals surface area contributed by atoms with Gasteiger partial charge in [0.1, 0.15) is 0 Å². The third-order valence-electron chi connectivity index (χ3n) is 5.16. The van der Waals surface area contributed by atoms with E-state index in [1.807, 2.05) is 0 Å². The Kier molecular flexibility index (Phi) is 3.14. The van der Waals surface area contributed by atoms with Crippen molar-refractivity contribution in [3.05, 3.63) is 34.4 Å². The molecule has 0 radical (unpaired) electrons. The van der Waals surface area contributed by atoms with Crippen LogP contribution in [0.4, 0.5) is 0 Å². The highest BCUT2D eigenvalue weighted by Crippen LogP contribution is 2.38. The van der Waals surface area contributed by atoms with Crippen LogP contribution in [-0.4, -0.2) is 24.2 Å². The molecule has 0 aromatic heterocycles. The smallest absolute Gasteiger partial charge is 0.0758 e. The van der Waals surface area contributed by atoms with Gasteiger partial charge < -0.3 is 0 Å². The summed E-state index contributed by atoms with van der Waals surface area (Å²) in [6, 6.07) is 5.35. The van der Waals surface area contributed by atoms with Crippen molar-refractivity contribution in [3.8, 4) is 0 Å². The van der Waals surface area contributed by atoms with Gasteiger partial charge in [-0.15, -0.1) is 0 Å².